The highest BCUT2D eigenvalue weighted by Crippen LogP contribution is 2.26. The monoisotopic (exact) mass is 421 g/mol. The third kappa shape index (κ3) is 6.09. The predicted octanol–water partition coefficient (Wildman–Crippen LogP) is 5.36. The highest BCUT2D eigenvalue weighted by Gasteiger charge is 2.23. The van der Waals surface area contributed by atoms with Crippen molar-refractivity contribution in [1.29, 1.82) is 0 Å². The van der Waals surface area contributed by atoms with E-state index in [1.165, 1.54) is 31.2 Å². The number of aryl methyl sites for hydroxylation is 1. The van der Waals surface area contributed by atoms with E-state index in [9.17, 15) is 9.59 Å². The maximum Gasteiger partial charge on any atom is 0.256 e. The normalized spacial score (nSPS) is 13.3. The lowest BCUT2D eigenvalue weighted by Crippen LogP contribution is -2.29. The lowest BCUT2D eigenvalue weighted by atomic mass is 10.0. The maximum atomic E-state index is 13.0. The molecular formula is C26H35N3O2. The van der Waals surface area contributed by atoms with Gasteiger partial charge < -0.3 is 15.1 Å². The second-order valence-electron chi connectivity index (χ2n) is 8.59. The van der Waals surface area contributed by atoms with Crippen molar-refractivity contribution in [3.63, 3.8) is 0 Å². The Labute approximate surface area is 186 Å². The van der Waals surface area contributed by atoms with Gasteiger partial charge >= 0.3 is 0 Å². The number of nitrogens with one attached hydrogen (secondary N) is 1. The Kier molecular flexibility index (Phi) is 8.10. The van der Waals surface area contributed by atoms with Gasteiger partial charge in [-0.15, -0.1) is 0 Å². The van der Waals surface area contributed by atoms with Crippen LogP contribution in [0.1, 0.15) is 71.7 Å². The van der Waals surface area contributed by atoms with Gasteiger partial charge in [-0.3, -0.25) is 9.59 Å². The molecule has 2 amide bonds. The minimum absolute atomic E-state index is 0.0322. The van der Waals surface area contributed by atoms with Crippen LogP contribution in [0, 0.1) is 0 Å². The van der Waals surface area contributed by atoms with E-state index in [1.54, 1.807) is 6.07 Å². The van der Waals surface area contributed by atoms with Crippen LogP contribution in [0.25, 0.3) is 0 Å². The summed E-state index contributed by atoms with van der Waals surface area (Å²) in [5.41, 5.74) is 4.03. The van der Waals surface area contributed by atoms with Crippen LogP contribution in [0.4, 0.5) is 11.4 Å². The fourth-order valence-electron chi connectivity index (χ4n) is 4.05. The number of nitrogens with zero attached hydrogens (tertiary/aromatic N) is 2. The molecule has 1 aliphatic heterocycles. The van der Waals surface area contributed by atoms with Crippen molar-refractivity contribution in [1.82, 2.24) is 4.90 Å². The van der Waals surface area contributed by atoms with Crippen LogP contribution in [0.2, 0.25) is 0 Å². The van der Waals surface area contributed by atoms with Crippen molar-refractivity contribution in [2.75, 3.05) is 37.4 Å². The van der Waals surface area contributed by atoms with Gasteiger partial charge in [0, 0.05) is 44.1 Å². The van der Waals surface area contributed by atoms with Crippen LogP contribution in [0.5, 0.6) is 0 Å². The molecule has 0 unspecified atom stereocenters. The van der Waals surface area contributed by atoms with Crippen LogP contribution in [-0.4, -0.2) is 43.9 Å². The van der Waals surface area contributed by atoms with Gasteiger partial charge in [-0.1, -0.05) is 38.3 Å². The first-order valence-corrected chi connectivity index (χ1v) is 11.5. The molecule has 1 aliphatic rings. The van der Waals surface area contributed by atoms with Gasteiger partial charge in [0.15, 0.2) is 0 Å². The number of likely N-dealkylation sites (tertiary alicyclic amines) is 1. The number of amides is 2. The maximum absolute atomic E-state index is 13.0. The summed E-state index contributed by atoms with van der Waals surface area (Å²) in [6, 6.07) is 13.4. The number of unbranched alkanes of at least 4 members (excludes halogenated alkanes) is 3. The number of rotatable bonds is 9. The molecule has 5 nitrogen and oxygen atoms in total. The molecule has 31 heavy (non-hydrogen) atoms. The predicted molar refractivity (Wildman–Crippen MR) is 128 cm³/mol. The Balaban J connectivity index is 1.69. The number of benzene rings is 2. The molecule has 0 spiro atoms. The lowest BCUT2D eigenvalue weighted by molar-refractivity contribution is 0.0793. The van der Waals surface area contributed by atoms with Gasteiger partial charge in [0.1, 0.15) is 0 Å². The largest absolute Gasteiger partial charge is 0.377 e. The average molecular weight is 422 g/mol. The van der Waals surface area contributed by atoms with E-state index in [2.05, 4.69) is 12.2 Å². The highest BCUT2D eigenvalue weighted by molar-refractivity contribution is 6.06. The summed E-state index contributed by atoms with van der Waals surface area (Å²) >= 11 is 0. The first kappa shape index (κ1) is 22.9. The van der Waals surface area contributed by atoms with Crippen LogP contribution in [0.3, 0.4) is 0 Å². The Morgan fingerprint density at radius 1 is 0.968 bits per heavy atom. The van der Waals surface area contributed by atoms with Crippen molar-refractivity contribution in [2.24, 2.45) is 0 Å². The van der Waals surface area contributed by atoms with E-state index in [4.69, 9.17) is 0 Å². The minimum atomic E-state index is -0.158. The summed E-state index contributed by atoms with van der Waals surface area (Å²) in [6.07, 6.45) is 8.10. The molecule has 0 bridgehead atoms. The first-order chi connectivity index (χ1) is 15.0. The third-order valence-electron chi connectivity index (χ3n) is 5.90. The van der Waals surface area contributed by atoms with Crippen molar-refractivity contribution >= 4 is 23.2 Å². The van der Waals surface area contributed by atoms with E-state index in [0.29, 0.717) is 16.8 Å². The van der Waals surface area contributed by atoms with E-state index < -0.39 is 0 Å². The molecule has 5 heteroatoms. The number of hydrogen-bond acceptors (Lipinski definition) is 3. The fourth-order valence-corrected chi connectivity index (χ4v) is 4.05. The summed E-state index contributed by atoms with van der Waals surface area (Å²) in [5, 5.41) is 2.96. The number of carbonyl (C=O) groups excluding carboxylic acids is 2. The molecule has 0 atom stereocenters. The van der Waals surface area contributed by atoms with Crippen LogP contribution in [-0.2, 0) is 6.42 Å². The molecule has 2 aromatic rings. The Morgan fingerprint density at radius 3 is 2.32 bits per heavy atom. The van der Waals surface area contributed by atoms with E-state index >= 15 is 0 Å². The SMILES string of the molecule is CCCCCCc1ccc(C(=O)Nc2ccc(N(C)C)c(C(=O)N3CCCC3)c2)cc1. The van der Waals surface area contributed by atoms with E-state index in [0.717, 1.165) is 38.0 Å². The minimum Gasteiger partial charge on any atom is -0.377 e. The Bertz CT molecular complexity index is 884. The molecule has 0 aromatic heterocycles. The summed E-state index contributed by atoms with van der Waals surface area (Å²) in [7, 11) is 3.86. The Morgan fingerprint density at radius 2 is 1.68 bits per heavy atom. The zero-order valence-electron chi connectivity index (χ0n) is 19.1. The summed E-state index contributed by atoms with van der Waals surface area (Å²) < 4.78 is 0. The van der Waals surface area contributed by atoms with Gasteiger partial charge in [-0.2, -0.15) is 0 Å². The number of carbonyl (C=O) groups is 2. The van der Waals surface area contributed by atoms with Crippen LogP contribution >= 0.6 is 0 Å². The van der Waals surface area contributed by atoms with Crippen molar-refractivity contribution < 1.29 is 9.59 Å². The number of hydrogen-bond donors (Lipinski definition) is 1. The molecule has 0 saturated carbocycles. The summed E-state index contributed by atoms with van der Waals surface area (Å²) in [6.45, 7) is 3.81. The molecule has 3 rings (SSSR count). The fraction of sp³-hybridized carbons (Fsp3) is 0.462. The smallest absolute Gasteiger partial charge is 0.256 e. The zero-order valence-corrected chi connectivity index (χ0v) is 19.1. The topological polar surface area (TPSA) is 52.7 Å². The first-order valence-electron chi connectivity index (χ1n) is 11.5. The standard InChI is InChI=1S/C26H35N3O2/c1-4-5-6-7-10-20-11-13-21(14-12-20)25(30)27-22-15-16-24(28(2)3)23(19-22)26(31)29-17-8-9-18-29/h11-16,19H,4-10,17-18H2,1-3H3,(H,27,30). The molecule has 0 radical (unpaired) electrons. The van der Waals surface area contributed by atoms with Crippen molar-refractivity contribution in [3.8, 4) is 0 Å². The van der Waals surface area contributed by atoms with E-state index in [1.807, 2.05) is 60.3 Å². The van der Waals surface area contributed by atoms with Crippen molar-refractivity contribution in [3.05, 3.63) is 59.2 Å². The van der Waals surface area contributed by atoms with Gasteiger partial charge in [-0.25, -0.2) is 0 Å². The van der Waals surface area contributed by atoms with Gasteiger partial charge in [0.25, 0.3) is 11.8 Å². The van der Waals surface area contributed by atoms with E-state index in [-0.39, 0.29) is 11.8 Å². The third-order valence-corrected chi connectivity index (χ3v) is 5.90. The number of anilines is 2. The van der Waals surface area contributed by atoms with Gasteiger partial charge in [-0.05, 0) is 61.6 Å². The van der Waals surface area contributed by atoms with Crippen LogP contribution in [0.15, 0.2) is 42.5 Å². The van der Waals surface area contributed by atoms with Crippen LogP contribution < -0.4 is 10.2 Å². The molecule has 0 aliphatic carbocycles. The average Bonchev–Trinajstić information content (AvgIpc) is 3.31. The molecule has 2 aromatic carbocycles. The van der Waals surface area contributed by atoms with Crippen molar-refractivity contribution in [2.45, 2.75) is 51.9 Å². The lowest BCUT2D eigenvalue weighted by Gasteiger charge is -2.22. The van der Waals surface area contributed by atoms with Gasteiger partial charge in [0.05, 0.1) is 5.56 Å². The molecule has 166 valence electrons. The Hall–Kier alpha value is -2.82. The highest BCUT2D eigenvalue weighted by atomic mass is 16.2. The molecule has 1 fully saturated rings. The molecule has 1 N–H and O–H groups in total. The second kappa shape index (κ2) is 11.0. The summed E-state index contributed by atoms with van der Waals surface area (Å²) in [5.74, 6) is -0.126. The second-order valence-corrected chi connectivity index (χ2v) is 8.59. The molecule has 1 saturated heterocycles. The molecule has 1 heterocycles. The summed E-state index contributed by atoms with van der Waals surface area (Å²) in [4.78, 5) is 29.6. The van der Waals surface area contributed by atoms with Gasteiger partial charge in [0.2, 0.25) is 0 Å². The zero-order chi connectivity index (χ0) is 22.2. The molecular weight excluding hydrogens is 386 g/mol. The quantitative estimate of drug-likeness (QED) is 0.554.